The molecular formula is C23H27ClN8O. The molecule has 1 saturated heterocycles. The Balaban J connectivity index is 1.39. The molecule has 1 fully saturated rings. The van der Waals surface area contributed by atoms with E-state index in [1.807, 2.05) is 35.1 Å². The monoisotopic (exact) mass is 466 g/mol. The zero-order valence-electron chi connectivity index (χ0n) is 18.5. The fourth-order valence-corrected chi connectivity index (χ4v) is 3.84. The van der Waals surface area contributed by atoms with Crippen LogP contribution in [-0.4, -0.2) is 50.7 Å². The largest absolute Gasteiger partial charge is 0.365 e. The highest BCUT2D eigenvalue weighted by Gasteiger charge is 2.19. The summed E-state index contributed by atoms with van der Waals surface area (Å²) in [6.45, 7) is 6.09. The maximum Gasteiger partial charge on any atom is 0.247 e. The number of aromatic nitrogens is 4. The third-order valence-electron chi connectivity index (χ3n) is 5.50. The number of likely N-dealkylation sites (tertiary alicyclic amines) is 1. The van der Waals surface area contributed by atoms with Crippen molar-refractivity contribution in [1.29, 1.82) is 0 Å². The van der Waals surface area contributed by atoms with E-state index >= 15 is 0 Å². The van der Waals surface area contributed by atoms with Crippen molar-refractivity contribution in [1.82, 2.24) is 24.6 Å². The molecule has 0 aliphatic carbocycles. The number of halogens is 1. The lowest BCUT2D eigenvalue weighted by Gasteiger charge is -2.28. The van der Waals surface area contributed by atoms with Crippen molar-refractivity contribution < 1.29 is 4.79 Å². The lowest BCUT2D eigenvalue weighted by Crippen LogP contribution is -2.31. The molecule has 3 N–H and O–H groups in total. The topological polar surface area (TPSA) is 100 Å². The van der Waals surface area contributed by atoms with Gasteiger partial charge in [-0.1, -0.05) is 30.3 Å². The average Bonchev–Trinajstić information content (AvgIpc) is 3.28. The quantitative estimate of drug-likeness (QED) is 0.430. The van der Waals surface area contributed by atoms with E-state index in [9.17, 15) is 4.79 Å². The Labute approximate surface area is 197 Å². The van der Waals surface area contributed by atoms with Crippen molar-refractivity contribution in [2.24, 2.45) is 0 Å². The van der Waals surface area contributed by atoms with Gasteiger partial charge in [0.15, 0.2) is 5.82 Å². The van der Waals surface area contributed by atoms with Gasteiger partial charge in [-0.05, 0) is 56.8 Å². The molecule has 1 aliphatic rings. The third-order valence-corrected chi connectivity index (χ3v) is 5.78. The molecular weight excluding hydrogens is 440 g/mol. The van der Waals surface area contributed by atoms with Gasteiger partial charge in [-0.2, -0.15) is 10.1 Å². The van der Waals surface area contributed by atoms with Crippen LogP contribution < -0.4 is 16.0 Å². The summed E-state index contributed by atoms with van der Waals surface area (Å²) in [6, 6.07) is 7.91. The number of benzene rings is 1. The van der Waals surface area contributed by atoms with E-state index in [-0.39, 0.29) is 5.91 Å². The van der Waals surface area contributed by atoms with Gasteiger partial charge >= 0.3 is 0 Å². The predicted molar refractivity (Wildman–Crippen MR) is 131 cm³/mol. The van der Waals surface area contributed by atoms with Gasteiger partial charge in [0.05, 0.1) is 24.1 Å². The van der Waals surface area contributed by atoms with Crippen molar-refractivity contribution in [3.8, 4) is 0 Å². The number of nitrogens with one attached hydrogen (secondary N) is 3. The van der Waals surface area contributed by atoms with Gasteiger partial charge in [-0.25, -0.2) is 4.98 Å². The second kappa shape index (κ2) is 10.5. The second-order valence-electron chi connectivity index (χ2n) is 8.01. The van der Waals surface area contributed by atoms with Crippen LogP contribution in [-0.2, 0) is 11.3 Å². The Bertz CT molecular complexity index is 1120. The number of carbonyl (C=O) groups is 1. The highest BCUT2D eigenvalue weighted by atomic mass is 35.5. The molecule has 0 atom stereocenters. The van der Waals surface area contributed by atoms with Crippen LogP contribution in [0.3, 0.4) is 0 Å². The summed E-state index contributed by atoms with van der Waals surface area (Å²) in [5, 5.41) is 14.1. The van der Waals surface area contributed by atoms with Gasteiger partial charge < -0.3 is 20.9 Å². The van der Waals surface area contributed by atoms with Crippen LogP contribution in [0.4, 0.5) is 23.1 Å². The van der Waals surface area contributed by atoms with Crippen molar-refractivity contribution >= 4 is 40.6 Å². The summed E-state index contributed by atoms with van der Waals surface area (Å²) in [4.78, 5) is 22.6. The number of anilines is 4. The molecule has 1 aromatic carbocycles. The molecule has 3 heterocycles. The maximum atomic E-state index is 11.5. The minimum absolute atomic E-state index is 0.256. The molecule has 0 spiro atoms. The summed E-state index contributed by atoms with van der Waals surface area (Å²) >= 11 is 6.30. The summed E-state index contributed by atoms with van der Waals surface area (Å²) in [6.07, 6.45) is 8.73. The van der Waals surface area contributed by atoms with Crippen LogP contribution >= 0.6 is 11.6 Å². The van der Waals surface area contributed by atoms with Crippen molar-refractivity contribution in [3.63, 3.8) is 0 Å². The molecule has 2 aromatic heterocycles. The van der Waals surface area contributed by atoms with E-state index in [1.165, 1.54) is 6.08 Å². The van der Waals surface area contributed by atoms with Crippen LogP contribution in [0.25, 0.3) is 0 Å². The molecule has 172 valence electrons. The van der Waals surface area contributed by atoms with Crippen LogP contribution in [0.2, 0.25) is 5.02 Å². The van der Waals surface area contributed by atoms with Gasteiger partial charge in [0, 0.05) is 18.4 Å². The first-order valence-electron chi connectivity index (χ1n) is 10.8. The van der Waals surface area contributed by atoms with Crippen LogP contribution in [0, 0.1) is 0 Å². The smallest absolute Gasteiger partial charge is 0.247 e. The first-order valence-corrected chi connectivity index (χ1v) is 11.2. The number of rotatable bonds is 8. The van der Waals surface area contributed by atoms with Crippen LogP contribution in [0.5, 0.6) is 0 Å². The zero-order valence-corrected chi connectivity index (χ0v) is 19.2. The third kappa shape index (κ3) is 6.09. The first kappa shape index (κ1) is 22.8. The van der Waals surface area contributed by atoms with Crippen molar-refractivity contribution in [2.45, 2.75) is 25.4 Å². The fourth-order valence-electron chi connectivity index (χ4n) is 3.68. The molecule has 0 radical (unpaired) electrons. The van der Waals surface area contributed by atoms with Gasteiger partial charge in [0.2, 0.25) is 11.9 Å². The average molecular weight is 467 g/mol. The van der Waals surface area contributed by atoms with Crippen LogP contribution in [0.1, 0.15) is 24.4 Å². The zero-order chi connectivity index (χ0) is 23.2. The van der Waals surface area contributed by atoms with E-state index in [4.69, 9.17) is 11.6 Å². The number of nitrogens with zero attached hydrogens (tertiary/aromatic N) is 5. The summed E-state index contributed by atoms with van der Waals surface area (Å²) in [7, 11) is 2.15. The summed E-state index contributed by atoms with van der Waals surface area (Å²) in [5.74, 6) is 0.683. The van der Waals surface area contributed by atoms with E-state index in [0.717, 1.165) is 37.2 Å². The fraction of sp³-hybridized carbons (Fsp3) is 0.304. The van der Waals surface area contributed by atoms with Crippen LogP contribution in [0.15, 0.2) is 55.5 Å². The molecule has 10 heteroatoms. The van der Waals surface area contributed by atoms with Gasteiger partial charge in [-0.15, -0.1) is 0 Å². The summed E-state index contributed by atoms with van der Waals surface area (Å²) < 4.78 is 2.02. The van der Waals surface area contributed by atoms with Crippen molar-refractivity contribution in [3.05, 3.63) is 66.1 Å². The Morgan fingerprint density at radius 2 is 2.09 bits per heavy atom. The molecule has 0 unspecified atom stereocenters. The Hall–Kier alpha value is -3.43. The molecule has 4 rings (SSSR count). The SMILES string of the molecule is C=CC(=O)Nc1cccc(CNc2nc(Nc3cnn(C4CCN(C)CC4)c3)ncc2Cl)c1. The molecule has 33 heavy (non-hydrogen) atoms. The Morgan fingerprint density at radius 1 is 1.27 bits per heavy atom. The highest BCUT2D eigenvalue weighted by molar-refractivity contribution is 6.32. The highest BCUT2D eigenvalue weighted by Crippen LogP contribution is 2.25. The number of piperidine rings is 1. The minimum atomic E-state index is -0.256. The molecule has 0 saturated carbocycles. The lowest BCUT2D eigenvalue weighted by atomic mass is 10.1. The minimum Gasteiger partial charge on any atom is -0.365 e. The van der Waals surface area contributed by atoms with Gasteiger partial charge in [0.25, 0.3) is 0 Å². The Kier molecular flexibility index (Phi) is 7.21. The van der Waals surface area contributed by atoms with E-state index < -0.39 is 0 Å². The molecule has 9 nitrogen and oxygen atoms in total. The standard InChI is InChI=1S/C23H27ClN8O/c1-3-21(33)28-17-6-4-5-16(11-17)12-25-22-20(24)14-26-23(30-22)29-18-13-27-32(15-18)19-7-9-31(2)10-8-19/h3-6,11,13-15,19H,1,7-10,12H2,2H3,(H,28,33)(H2,25,26,29,30). The van der Waals surface area contributed by atoms with E-state index in [1.54, 1.807) is 12.4 Å². The number of amides is 1. The molecule has 3 aromatic rings. The molecule has 1 amide bonds. The van der Waals surface area contributed by atoms with E-state index in [0.29, 0.717) is 35.1 Å². The van der Waals surface area contributed by atoms with E-state index in [2.05, 4.69) is 49.5 Å². The Morgan fingerprint density at radius 3 is 2.88 bits per heavy atom. The normalized spacial score (nSPS) is 14.6. The number of hydrogen-bond acceptors (Lipinski definition) is 7. The lowest BCUT2D eigenvalue weighted by molar-refractivity contribution is -0.111. The van der Waals surface area contributed by atoms with Gasteiger partial charge in [0.1, 0.15) is 5.02 Å². The molecule has 1 aliphatic heterocycles. The predicted octanol–water partition coefficient (Wildman–Crippen LogP) is 4.07. The first-order chi connectivity index (χ1) is 16.0. The maximum absolute atomic E-state index is 11.5. The summed E-state index contributed by atoms with van der Waals surface area (Å²) in [5.41, 5.74) is 2.48. The van der Waals surface area contributed by atoms with Gasteiger partial charge in [-0.3, -0.25) is 9.48 Å². The number of carbonyl (C=O) groups excluding carboxylic acids is 1. The second-order valence-corrected chi connectivity index (χ2v) is 8.41. The van der Waals surface area contributed by atoms with Crippen molar-refractivity contribution in [2.75, 3.05) is 36.1 Å². The molecule has 0 bridgehead atoms. The number of hydrogen-bond donors (Lipinski definition) is 3.